The summed E-state index contributed by atoms with van der Waals surface area (Å²) in [6.07, 6.45) is 1.59. The minimum Gasteiger partial charge on any atom is -0.302 e. The van der Waals surface area contributed by atoms with Crippen molar-refractivity contribution < 1.29 is 9.18 Å². The van der Waals surface area contributed by atoms with Gasteiger partial charge in [-0.15, -0.1) is 0 Å². The van der Waals surface area contributed by atoms with Gasteiger partial charge in [-0.3, -0.25) is 4.79 Å². The highest BCUT2D eigenvalue weighted by Crippen LogP contribution is 2.12. The maximum Gasteiger partial charge on any atom is 0.167 e. The molecule has 2 nitrogen and oxygen atoms in total. The van der Waals surface area contributed by atoms with Crippen molar-refractivity contribution in [3.05, 3.63) is 35.6 Å². The fourth-order valence-corrected chi connectivity index (χ4v) is 3.03. The average molecular weight is 267 g/mol. The van der Waals surface area contributed by atoms with Crippen molar-refractivity contribution in [1.29, 1.82) is 0 Å². The van der Waals surface area contributed by atoms with Gasteiger partial charge in [-0.1, -0.05) is 12.1 Å². The second-order valence-electron chi connectivity index (χ2n) is 4.46. The van der Waals surface area contributed by atoms with Crippen LogP contribution in [0.25, 0.3) is 0 Å². The Hall–Kier alpha value is -0.870. The number of ketones is 1. The van der Waals surface area contributed by atoms with E-state index in [0.717, 1.165) is 25.4 Å². The smallest absolute Gasteiger partial charge is 0.167 e. The highest BCUT2D eigenvalue weighted by Gasteiger charge is 2.14. The van der Waals surface area contributed by atoms with Crippen LogP contribution in [0.3, 0.4) is 0 Å². The van der Waals surface area contributed by atoms with E-state index in [-0.39, 0.29) is 11.3 Å². The van der Waals surface area contributed by atoms with Gasteiger partial charge < -0.3 is 4.90 Å². The number of carbonyl (C=O) groups excluding carboxylic acids is 1. The lowest BCUT2D eigenvalue weighted by molar-refractivity contribution is 0.0962. The molecule has 98 valence electrons. The van der Waals surface area contributed by atoms with E-state index in [1.165, 1.54) is 18.2 Å². The summed E-state index contributed by atoms with van der Waals surface area (Å²) in [5.74, 6) is 1.84. The minimum atomic E-state index is -0.408. The topological polar surface area (TPSA) is 20.3 Å². The Bertz CT molecular complexity index is 403. The van der Waals surface area contributed by atoms with Gasteiger partial charge in [0, 0.05) is 25.3 Å². The second kappa shape index (κ2) is 6.90. The van der Waals surface area contributed by atoms with Gasteiger partial charge in [-0.25, -0.2) is 4.39 Å². The number of nitrogens with zero attached hydrogens (tertiary/aromatic N) is 1. The van der Waals surface area contributed by atoms with Crippen LogP contribution in [0.4, 0.5) is 4.39 Å². The van der Waals surface area contributed by atoms with E-state index in [4.69, 9.17) is 0 Å². The van der Waals surface area contributed by atoms with Crippen LogP contribution in [0.1, 0.15) is 23.2 Å². The highest BCUT2D eigenvalue weighted by atomic mass is 32.2. The molecule has 1 saturated heterocycles. The second-order valence-corrected chi connectivity index (χ2v) is 5.69. The molecule has 2 rings (SSSR count). The van der Waals surface area contributed by atoms with Crippen LogP contribution in [0.5, 0.6) is 0 Å². The van der Waals surface area contributed by atoms with Crippen molar-refractivity contribution in [2.45, 2.75) is 12.8 Å². The Morgan fingerprint density at radius 3 is 2.94 bits per heavy atom. The largest absolute Gasteiger partial charge is 0.302 e. The van der Waals surface area contributed by atoms with E-state index in [0.29, 0.717) is 6.42 Å². The third-order valence-corrected chi connectivity index (χ3v) is 4.19. The molecule has 0 saturated carbocycles. The third-order valence-electron chi connectivity index (χ3n) is 3.14. The lowest BCUT2D eigenvalue weighted by Crippen LogP contribution is -2.28. The first-order valence-corrected chi connectivity index (χ1v) is 7.50. The number of Topliss-reactive ketones (excluding diaryl/α,β-unsaturated/α-hetero) is 1. The van der Waals surface area contributed by atoms with Crippen molar-refractivity contribution in [3.63, 3.8) is 0 Å². The maximum atomic E-state index is 13.4. The fourth-order valence-electron chi connectivity index (χ4n) is 2.10. The van der Waals surface area contributed by atoms with Crippen molar-refractivity contribution in [1.82, 2.24) is 4.90 Å². The lowest BCUT2D eigenvalue weighted by Gasteiger charge is -2.18. The number of carbonyl (C=O) groups is 1. The van der Waals surface area contributed by atoms with E-state index in [2.05, 4.69) is 4.90 Å². The van der Waals surface area contributed by atoms with Crippen molar-refractivity contribution in [3.8, 4) is 0 Å². The van der Waals surface area contributed by atoms with Gasteiger partial charge in [0.25, 0.3) is 0 Å². The molecule has 0 bridgehead atoms. The fraction of sp³-hybridized carbons (Fsp3) is 0.500. The van der Waals surface area contributed by atoms with Gasteiger partial charge in [0.1, 0.15) is 5.82 Å². The molecule has 1 aromatic carbocycles. The first-order chi connectivity index (χ1) is 8.77. The number of hydrogen-bond donors (Lipinski definition) is 0. The molecular weight excluding hydrogens is 249 g/mol. The van der Waals surface area contributed by atoms with Crippen LogP contribution >= 0.6 is 11.8 Å². The Balaban J connectivity index is 1.86. The summed E-state index contributed by atoms with van der Waals surface area (Å²) in [6, 6.07) is 6.22. The molecule has 1 aromatic rings. The summed E-state index contributed by atoms with van der Waals surface area (Å²) in [5, 5.41) is 0. The van der Waals surface area contributed by atoms with Crippen LogP contribution in [0.15, 0.2) is 24.3 Å². The zero-order chi connectivity index (χ0) is 12.8. The van der Waals surface area contributed by atoms with Gasteiger partial charge in [-0.2, -0.15) is 11.8 Å². The first kappa shape index (κ1) is 13.6. The molecule has 0 amide bonds. The molecule has 1 aliphatic heterocycles. The van der Waals surface area contributed by atoms with Crippen LogP contribution < -0.4 is 0 Å². The van der Waals surface area contributed by atoms with E-state index in [1.54, 1.807) is 18.2 Å². The van der Waals surface area contributed by atoms with Crippen molar-refractivity contribution in [2.75, 3.05) is 31.1 Å². The molecule has 1 heterocycles. The van der Waals surface area contributed by atoms with E-state index >= 15 is 0 Å². The summed E-state index contributed by atoms with van der Waals surface area (Å²) >= 11 is 1.97. The molecule has 0 spiro atoms. The molecule has 1 aliphatic rings. The molecule has 4 heteroatoms. The predicted molar refractivity (Wildman–Crippen MR) is 73.7 cm³/mol. The van der Waals surface area contributed by atoms with Gasteiger partial charge in [0.2, 0.25) is 0 Å². The van der Waals surface area contributed by atoms with Crippen LogP contribution in [0.2, 0.25) is 0 Å². The molecule has 0 N–H and O–H groups in total. The zero-order valence-electron chi connectivity index (χ0n) is 10.4. The highest BCUT2D eigenvalue weighted by molar-refractivity contribution is 7.99. The quantitative estimate of drug-likeness (QED) is 0.782. The first-order valence-electron chi connectivity index (χ1n) is 6.35. The minimum absolute atomic E-state index is 0.0926. The average Bonchev–Trinajstić information content (AvgIpc) is 2.65. The number of benzene rings is 1. The van der Waals surface area contributed by atoms with Gasteiger partial charge in [0.15, 0.2) is 5.78 Å². The van der Waals surface area contributed by atoms with E-state index in [1.807, 2.05) is 11.8 Å². The normalized spacial score (nSPS) is 17.4. The summed E-state index contributed by atoms with van der Waals surface area (Å²) in [6.45, 7) is 2.83. The molecule has 0 radical (unpaired) electrons. The predicted octanol–water partition coefficient (Wildman–Crippen LogP) is 2.84. The van der Waals surface area contributed by atoms with Gasteiger partial charge in [0.05, 0.1) is 5.56 Å². The number of rotatable bonds is 4. The molecule has 1 fully saturated rings. The monoisotopic (exact) mass is 267 g/mol. The molecule has 0 aromatic heterocycles. The number of hydrogen-bond acceptors (Lipinski definition) is 3. The lowest BCUT2D eigenvalue weighted by atomic mass is 10.1. The number of thioether (sulfide) groups is 1. The van der Waals surface area contributed by atoms with Gasteiger partial charge in [-0.05, 0) is 30.9 Å². The van der Waals surface area contributed by atoms with Crippen LogP contribution in [0, 0.1) is 5.82 Å². The van der Waals surface area contributed by atoms with Crippen molar-refractivity contribution in [2.24, 2.45) is 0 Å². The summed E-state index contributed by atoms with van der Waals surface area (Å²) in [5.41, 5.74) is 0.224. The Morgan fingerprint density at radius 1 is 1.28 bits per heavy atom. The molecule has 18 heavy (non-hydrogen) atoms. The molecule has 0 unspecified atom stereocenters. The van der Waals surface area contributed by atoms with Gasteiger partial charge >= 0.3 is 0 Å². The summed E-state index contributed by atoms with van der Waals surface area (Å²) < 4.78 is 13.4. The van der Waals surface area contributed by atoms with E-state index in [9.17, 15) is 9.18 Å². The zero-order valence-corrected chi connectivity index (χ0v) is 11.2. The summed E-state index contributed by atoms with van der Waals surface area (Å²) in [4.78, 5) is 14.2. The van der Waals surface area contributed by atoms with Crippen LogP contribution in [-0.2, 0) is 0 Å². The van der Waals surface area contributed by atoms with Crippen LogP contribution in [-0.4, -0.2) is 41.8 Å². The molecular formula is C14H18FNOS. The Labute approximate surface area is 112 Å². The SMILES string of the molecule is O=C(CCN1CCCSCC1)c1ccccc1F. The number of halogens is 1. The Kier molecular flexibility index (Phi) is 5.20. The molecule has 0 atom stereocenters. The Morgan fingerprint density at radius 2 is 2.11 bits per heavy atom. The van der Waals surface area contributed by atoms with E-state index < -0.39 is 5.82 Å². The summed E-state index contributed by atoms with van der Waals surface area (Å²) in [7, 11) is 0. The maximum absolute atomic E-state index is 13.4. The third kappa shape index (κ3) is 3.82. The van der Waals surface area contributed by atoms with Crippen molar-refractivity contribution >= 4 is 17.5 Å². The molecule has 0 aliphatic carbocycles. The standard InChI is InChI=1S/C14H18FNOS/c15-13-5-2-1-4-12(13)14(17)6-8-16-7-3-10-18-11-9-16/h1-2,4-5H,3,6-11H2.